The van der Waals surface area contributed by atoms with Crippen LogP contribution in [0, 0.1) is 0 Å². The second-order valence-electron chi connectivity index (χ2n) is 4.67. The van der Waals surface area contributed by atoms with Gasteiger partial charge in [0.05, 0.1) is 12.3 Å². The lowest BCUT2D eigenvalue weighted by Gasteiger charge is -2.07. The Kier molecular flexibility index (Phi) is 3.67. The van der Waals surface area contributed by atoms with Crippen molar-refractivity contribution in [2.45, 2.75) is 6.92 Å². The first kappa shape index (κ1) is 13.7. The van der Waals surface area contributed by atoms with Gasteiger partial charge < -0.3 is 10.1 Å². The number of benzene rings is 2. The van der Waals surface area contributed by atoms with Gasteiger partial charge in [-0.1, -0.05) is 35.9 Å². The van der Waals surface area contributed by atoms with Gasteiger partial charge in [0.1, 0.15) is 5.75 Å². The zero-order valence-corrected chi connectivity index (χ0v) is 12.3. The van der Waals surface area contributed by atoms with Crippen LogP contribution in [0.5, 0.6) is 5.75 Å². The summed E-state index contributed by atoms with van der Waals surface area (Å²) in [7, 11) is 0. The Morgan fingerprint density at radius 1 is 1.24 bits per heavy atom. The molecule has 106 valence electrons. The SMILES string of the molecule is CCOc1ccccc1/C=C1/C(=O)Nc2cc(Cl)ccc21. The highest BCUT2D eigenvalue weighted by Gasteiger charge is 2.24. The fraction of sp³-hybridized carbons (Fsp3) is 0.118. The van der Waals surface area contributed by atoms with Gasteiger partial charge in [0, 0.05) is 21.7 Å². The summed E-state index contributed by atoms with van der Waals surface area (Å²) >= 11 is 5.95. The van der Waals surface area contributed by atoms with E-state index in [2.05, 4.69) is 5.32 Å². The van der Waals surface area contributed by atoms with Crippen molar-refractivity contribution in [1.82, 2.24) is 0 Å². The quantitative estimate of drug-likeness (QED) is 0.861. The van der Waals surface area contributed by atoms with E-state index < -0.39 is 0 Å². The van der Waals surface area contributed by atoms with E-state index in [9.17, 15) is 4.79 Å². The van der Waals surface area contributed by atoms with Crippen LogP contribution in [-0.4, -0.2) is 12.5 Å². The highest BCUT2D eigenvalue weighted by Crippen LogP contribution is 2.36. The van der Waals surface area contributed by atoms with Gasteiger partial charge in [-0.05, 0) is 31.2 Å². The van der Waals surface area contributed by atoms with Crippen LogP contribution in [0.25, 0.3) is 11.6 Å². The second kappa shape index (κ2) is 5.62. The molecule has 1 aliphatic heterocycles. The van der Waals surface area contributed by atoms with Crippen LogP contribution >= 0.6 is 11.6 Å². The molecule has 2 aromatic carbocycles. The fourth-order valence-electron chi connectivity index (χ4n) is 2.35. The summed E-state index contributed by atoms with van der Waals surface area (Å²) in [5.41, 5.74) is 3.10. The van der Waals surface area contributed by atoms with Crippen molar-refractivity contribution >= 4 is 34.8 Å². The molecule has 0 aliphatic carbocycles. The van der Waals surface area contributed by atoms with E-state index >= 15 is 0 Å². The Hall–Kier alpha value is -2.26. The summed E-state index contributed by atoms with van der Waals surface area (Å²) in [6, 6.07) is 13.0. The summed E-state index contributed by atoms with van der Waals surface area (Å²) in [5, 5.41) is 3.43. The molecule has 1 N–H and O–H groups in total. The minimum Gasteiger partial charge on any atom is -0.493 e. The average molecular weight is 300 g/mol. The number of anilines is 1. The molecular weight excluding hydrogens is 286 g/mol. The van der Waals surface area contributed by atoms with Gasteiger partial charge in [0.25, 0.3) is 5.91 Å². The van der Waals surface area contributed by atoms with E-state index in [0.717, 1.165) is 22.6 Å². The third kappa shape index (κ3) is 2.65. The van der Waals surface area contributed by atoms with Crippen LogP contribution in [-0.2, 0) is 4.79 Å². The Morgan fingerprint density at radius 3 is 2.86 bits per heavy atom. The number of amides is 1. The highest BCUT2D eigenvalue weighted by molar-refractivity contribution is 6.36. The molecular formula is C17H14ClNO2. The third-order valence-electron chi connectivity index (χ3n) is 3.28. The number of nitrogens with one attached hydrogen (secondary N) is 1. The van der Waals surface area contributed by atoms with Crippen molar-refractivity contribution in [1.29, 1.82) is 0 Å². The normalized spacial score (nSPS) is 15.0. The van der Waals surface area contributed by atoms with Crippen molar-refractivity contribution in [3.8, 4) is 5.75 Å². The monoisotopic (exact) mass is 299 g/mol. The molecule has 0 saturated carbocycles. The van der Waals surface area contributed by atoms with E-state index in [1.807, 2.05) is 43.3 Å². The number of rotatable bonds is 3. The number of para-hydroxylation sites is 1. The molecule has 1 amide bonds. The molecule has 21 heavy (non-hydrogen) atoms. The Bertz CT molecular complexity index is 737. The Labute approximate surface area is 128 Å². The molecule has 0 aromatic heterocycles. The van der Waals surface area contributed by atoms with Crippen LogP contribution < -0.4 is 10.1 Å². The molecule has 0 unspecified atom stereocenters. The summed E-state index contributed by atoms with van der Waals surface area (Å²) in [5.74, 6) is 0.640. The lowest BCUT2D eigenvalue weighted by atomic mass is 10.0. The predicted octanol–water partition coefficient (Wildman–Crippen LogP) is 4.23. The second-order valence-corrected chi connectivity index (χ2v) is 5.11. The minimum atomic E-state index is -0.126. The van der Waals surface area contributed by atoms with Crippen LogP contribution in [0.2, 0.25) is 5.02 Å². The highest BCUT2D eigenvalue weighted by atomic mass is 35.5. The van der Waals surface area contributed by atoms with Gasteiger partial charge in [-0.3, -0.25) is 4.79 Å². The van der Waals surface area contributed by atoms with Crippen molar-refractivity contribution in [3.63, 3.8) is 0 Å². The summed E-state index contributed by atoms with van der Waals surface area (Å²) < 4.78 is 5.59. The first-order valence-electron chi connectivity index (χ1n) is 6.74. The molecule has 4 heteroatoms. The maximum Gasteiger partial charge on any atom is 0.256 e. The van der Waals surface area contributed by atoms with Crippen molar-refractivity contribution in [2.75, 3.05) is 11.9 Å². The number of halogens is 1. The molecule has 2 aromatic rings. The number of hydrogen-bond donors (Lipinski definition) is 1. The number of ether oxygens (including phenoxy) is 1. The van der Waals surface area contributed by atoms with E-state index in [1.54, 1.807) is 12.1 Å². The molecule has 1 heterocycles. The smallest absolute Gasteiger partial charge is 0.256 e. The van der Waals surface area contributed by atoms with E-state index in [4.69, 9.17) is 16.3 Å². The van der Waals surface area contributed by atoms with Crippen molar-refractivity contribution < 1.29 is 9.53 Å². The number of carbonyl (C=O) groups excluding carboxylic acids is 1. The summed E-state index contributed by atoms with van der Waals surface area (Å²) in [6.45, 7) is 2.52. The molecule has 0 radical (unpaired) electrons. The van der Waals surface area contributed by atoms with Crippen LogP contribution in [0.1, 0.15) is 18.1 Å². The van der Waals surface area contributed by atoms with Crippen molar-refractivity contribution in [2.24, 2.45) is 0 Å². The van der Waals surface area contributed by atoms with Gasteiger partial charge in [-0.25, -0.2) is 0 Å². The average Bonchev–Trinajstić information content (AvgIpc) is 2.76. The lowest BCUT2D eigenvalue weighted by molar-refractivity contribution is -0.110. The number of carbonyl (C=O) groups is 1. The zero-order chi connectivity index (χ0) is 14.8. The molecule has 3 rings (SSSR count). The van der Waals surface area contributed by atoms with Gasteiger partial charge in [0.2, 0.25) is 0 Å². The standard InChI is InChI=1S/C17H14ClNO2/c1-2-21-16-6-4-3-5-11(16)9-14-13-8-7-12(18)10-15(13)19-17(14)20/h3-10H,2H2,1H3,(H,19,20)/b14-9+. The summed E-state index contributed by atoms with van der Waals surface area (Å²) in [6.07, 6.45) is 1.85. The van der Waals surface area contributed by atoms with E-state index in [1.165, 1.54) is 0 Å². The zero-order valence-electron chi connectivity index (χ0n) is 11.5. The van der Waals surface area contributed by atoms with Crippen LogP contribution in [0.3, 0.4) is 0 Å². The van der Waals surface area contributed by atoms with Crippen LogP contribution in [0.4, 0.5) is 5.69 Å². The predicted molar refractivity (Wildman–Crippen MR) is 85.6 cm³/mol. The number of hydrogen-bond acceptors (Lipinski definition) is 2. The first-order chi connectivity index (χ1) is 10.2. The summed E-state index contributed by atoms with van der Waals surface area (Å²) in [4.78, 5) is 12.2. The number of fused-ring (bicyclic) bond motifs is 1. The lowest BCUT2D eigenvalue weighted by Crippen LogP contribution is -2.03. The third-order valence-corrected chi connectivity index (χ3v) is 3.52. The first-order valence-corrected chi connectivity index (χ1v) is 7.11. The largest absolute Gasteiger partial charge is 0.493 e. The minimum absolute atomic E-state index is 0.126. The fourth-order valence-corrected chi connectivity index (χ4v) is 2.52. The van der Waals surface area contributed by atoms with E-state index in [-0.39, 0.29) is 5.91 Å². The molecule has 0 spiro atoms. The molecule has 0 bridgehead atoms. The molecule has 0 saturated heterocycles. The van der Waals surface area contributed by atoms with Gasteiger partial charge >= 0.3 is 0 Å². The van der Waals surface area contributed by atoms with Gasteiger partial charge in [-0.2, -0.15) is 0 Å². The Balaban J connectivity index is 2.07. The molecule has 1 aliphatic rings. The Morgan fingerprint density at radius 2 is 2.05 bits per heavy atom. The van der Waals surface area contributed by atoms with Gasteiger partial charge in [0.15, 0.2) is 0 Å². The van der Waals surface area contributed by atoms with Crippen LogP contribution in [0.15, 0.2) is 42.5 Å². The van der Waals surface area contributed by atoms with E-state index in [0.29, 0.717) is 17.2 Å². The van der Waals surface area contributed by atoms with Gasteiger partial charge in [-0.15, -0.1) is 0 Å². The van der Waals surface area contributed by atoms with Crippen molar-refractivity contribution in [3.05, 3.63) is 58.6 Å². The molecule has 0 atom stereocenters. The molecule has 0 fully saturated rings. The molecule has 3 nitrogen and oxygen atoms in total. The maximum atomic E-state index is 12.2. The maximum absolute atomic E-state index is 12.2. The topological polar surface area (TPSA) is 38.3 Å².